The SMILES string of the molecule is Cl.O=C1COc2cc(NC(=O)C3CC(F)(F)CN3)ccc2N1. The van der Waals surface area contributed by atoms with Crippen molar-refractivity contribution in [3.05, 3.63) is 18.2 Å². The lowest BCUT2D eigenvalue weighted by molar-refractivity contribution is -0.119. The Morgan fingerprint density at radius 2 is 2.18 bits per heavy atom. The van der Waals surface area contributed by atoms with E-state index in [1.165, 1.54) is 0 Å². The van der Waals surface area contributed by atoms with Gasteiger partial charge in [0.05, 0.1) is 18.3 Å². The Hall–Kier alpha value is -1.93. The van der Waals surface area contributed by atoms with E-state index in [1.807, 2.05) is 0 Å². The number of hydrogen-bond acceptors (Lipinski definition) is 4. The van der Waals surface area contributed by atoms with E-state index in [0.717, 1.165) is 0 Å². The predicted octanol–water partition coefficient (Wildman–Crippen LogP) is 1.37. The molecule has 3 N–H and O–H groups in total. The van der Waals surface area contributed by atoms with E-state index in [2.05, 4.69) is 16.0 Å². The fraction of sp³-hybridized carbons (Fsp3) is 0.385. The Kier molecular flexibility index (Phi) is 4.52. The van der Waals surface area contributed by atoms with Crippen molar-refractivity contribution in [3.63, 3.8) is 0 Å². The molecular weight excluding hydrogens is 320 g/mol. The first-order valence-corrected chi connectivity index (χ1v) is 6.42. The van der Waals surface area contributed by atoms with Gasteiger partial charge >= 0.3 is 0 Å². The molecule has 0 radical (unpaired) electrons. The van der Waals surface area contributed by atoms with Gasteiger partial charge in [0, 0.05) is 18.2 Å². The zero-order valence-corrected chi connectivity index (χ0v) is 12.1. The van der Waals surface area contributed by atoms with Gasteiger partial charge in [-0.3, -0.25) is 14.9 Å². The first-order chi connectivity index (χ1) is 9.93. The second kappa shape index (κ2) is 6.05. The molecule has 1 aromatic carbocycles. The van der Waals surface area contributed by atoms with Crippen molar-refractivity contribution < 1.29 is 23.1 Å². The van der Waals surface area contributed by atoms with Crippen LogP contribution < -0.4 is 20.7 Å². The van der Waals surface area contributed by atoms with Gasteiger partial charge in [0.25, 0.3) is 11.8 Å². The standard InChI is InChI=1S/C13H13F2N3O3.ClH/c14-13(15)4-9(16-6-13)12(20)17-7-1-2-8-10(3-7)21-5-11(19)18-8;/h1-3,9,16H,4-6H2,(H,17,20)(H,18,19);1H. The van der Waals surface area contributed by atoms with Gasteiger partial charge in [0.15, 0.2) is 6.61 Å². The summed E-state index contributed by atoms with van der Waals surface area (Å²) < 4.78 is 31.3. The van der Waals surface area contributed by atoms with Crippen molar-refractivity contribution in [3.8, 4) is 5.75 Å². The summed E-state index contributed by atoms with van der Waals surface area (Å²) in [4.78, 5) is 23.0. The van der Waals surface area contributed by atoms with Crippen LogP contribution in [-0.2, 0) is 9.59 Å². The minimum Gasteiger partial charge on any atom is -0.482 e. The molecule has 0 saturated carbocycles. The van der Waals surface area contributed by atoms with E-state index in [4.69, 9.17) is 4.74 Å². The highest BCUT2D eigenvalue weighted by Crippen LogP contribution is 2.31. The number of halogens is 3. The molecule has 120 valence electrons. The molecule has 0 spiro atoms. The maximum Gasteiger partial charge on any atom is 0.262 e. The van der Waals surface area contributed by atoms with Crippen LogP contribution in [0.4, 0.5) is 20.2 Å². The number of fused-ring (bicyclic) bond motifs is 1. The summed E-state index contributed by atoms with van der Waals surface area (Å²) in [5.74, 6) is -3.20. The predicted molar refractivity (Wildman–Crippen MR) is 77.8 cm³/mol. The highest BCUT2D eigenvalue weighted by atomic mass is 35.5. The summed E-state index contributed by atoms with van der Waals surface area (Å²) in [6.45, 7) is -0.592. The van der Waals surface area contributed by atoms with Gasteiger partial charge in [-0.25, -0.2) is 8.78 Å². The number of amides is 2. The Bertz CT molecular complexity index is 612. The maximum atomic E-state index is 13.1. The zero-order valence-electron chi connectivity index (χ0n) is 11.3. The highest BCUT2D eigenvalue weighted by molar-refractivity contribution is 5.98. The summed E-state index contributed by atoms with van der Waals surface area (Å²) in [7, 11) is 0. The molecule has 1 aromatic rings. The van der Waals surface area contributed by atoms with E-state index in [0.29, 0.717) is 17.1 Å². The molecule has 1 fully saturated rings. The van der Waals surface area contributed by atoms with Crippen LogP contribution in [0.15, 0.2) is 18.2 Å². The molecule has 22 heavy (non-hydrogen) atoms. The van der Waals surface area contributed by atoms with E-state index in [9.17, 15) is 18.4 Å². The summed E-state index contributed by atoms with van der Waals surface area (Å²) in [6, 6.07) is 3.77. The van der Waals surface area contributed by atoms with E-state index >= 15 is 0 Å². The summed E-state index contributed by atoms with van der Waals surface area (Å²) in [6.07, 6.45) is -0.518. The number of carbonyl (C=O) groups is 2. The minimum absolute atomic E-state index is 0. The fourth-order valence-corrected chi connectivity index (χ4v) is 2.28. The van der Waals surface area contributed by atoms with Crippen LogP contribution in [0, 0.1) is 0 Å². The number of hydrogen-bond donors (Lipinski definition) is 3. The van der Waals surface area contributed by atoms with Crippen molar-refractivity contribution in [2.75, 3.05) is 23.8 Å². The average Bonchev–Trinajstić information content (AvgIpc) is 2.79. The van der Waals surface area contributed by atoms with E-state index < -0.39 is 30.8 Å². The number of rotatable bonds is 2. The van der Waals surface area contributed by atoms with Crippen LogP contribution >= 0.6 is 12.4 Å². The normalized spacial score (nSPS) is 21.9. The maximum absolute atomic E-state index is 13.1. The first kappa shape index (κ1) is 16.4. The number of benzene rings is 1. The van der Waals surface area contributed by atoms with Gasteiger partial charge in [-0.15, -0.1) is 12.4 Å². The monoisotopic (exact) mass is 333 g/mol. The van der Waals surface area contributed by atoms with Gasteiger partial charge in [0.2, 0.25) is 5.91 Å². The number of nitrogens with one attached hydrogen (secondary N) is 3. The molecule has 2 aliphatic heterocycles. The fourth-order valence-electron chi connectivity index (χ4n) is 2.28. The van der Waals surface area contributed by atoms with Crippen LogP contribution in [0.2, 0.25) is 0 Å². The Labute approximate surface area is 131 Å². The zero-order chi connectivity index (χ0) is 15.0. The molecule has 1 unspecified atom stereocenters. The third-order valence-corrected chi connectivity index (χ3v) is 3.31. The molecule has 2 amide bonds. The van der Waals surface area contributed by atoms with Gasteiger partial charge in [-0.1, -0.05) is 0 Å². The smallest absolute Gasteiger partial charge is 0.262 e. The first-order valence-electron chi connectivity index (χ1n) is 6.42. The molecule has 0 bridgehead atoms. The largest absolute Gasteiger partial charge is 0.482 e. The number of ether oxygens (including phenoxy) is 1. The van der Waals surface area contributed by atoms with Crippen LogP contribution in [-0.4, -0.2) is 36.9 Å². The molecular formula is C13H14ClF2N3O3. The molecule has 2 heterocycles. The lowest BCUT2D eigenvalue weighted by atomic mass is 10.1. The third-order valence-electron chi connectivity index (χ3n) is 3.31. The topological polar surface area (TPSA) is 79.5 Å². The summed E-state index contributed by atoms with van der Waals surface area (Å²) in [5.41, 5.74) is 0.932. The number of anilines is 2. The molecule has 1 atom stereocenters. The molecule has 9 heteroatoms. The van der Waals surface area contributed by atoms with Crippen molar-refractivity contribution in [2.45, 2.75) is 18.4 Å². The van der Waals surface area contributed by atoms with Gasteiger partial charge in [-0.2, -0.15) is 0 Å². The number of alkyl halides is 2. The van der Waals surface area contributed by atoms with Crippen molar-refractivity contribution >= 4 is 35.6 Å². The second-order valence-electron chi connectivity index (χ2n) is 5.03. The lowest BCUT2D eigenvalue weighted by Crippen LogP contribution is -2.35. The number of carbonyl (C=O) groups excluding carboxylic acids is 2. The summed E-state index contributed by atoms with van der Waals surface area (Å²) >= 11 is 0. The van der Waals surface area contributed by atoms with Crippen LogP contribution in [0.25, 0.3) is 0 Å². The second-order valence-corrected chi connectivity index (χ2v) is 5.03. The van der Waals surface area contributed by atoms with Gasteiger partial charge < -0.3 is 15.4 Å². The summed E-state index contributed by atoms with van der Waals surface area (Å²) in [5, 5.41) is 7.66. The van der Waals surface area contributed by atoms with Gasteiger partial charge in [-0.05, 0) is 12.1 Å². The highest BCUT2D eigenvalue weighted by Gasteiger charge is 2.42. The average molecular weight is 334 g/mol. The molecule has 1 saturated heterocycles. The Morgan fingerprint density at radius 1 is 1.41 bits per heavy atom. The Morgan fingerprint density at radius 3 is 2.86 bits per heavy atom. The minimum atomic E-state index is -2.86. The van der Waals surface area contributed by atoms with E-state index in [-0.39, 0.29) is 24.9 Å². The molecule has 0 aliphatic carbocycles. The Balaban J connectivity index is 0.00000176. The molecule has 3 rings (SSSR count). The van der Waals surface area contributed by atoms with Crippen LogP contribution in [0.3, 0.4) is 0 Å². The van der Waals surface area contributed by atoms with Crippen molar-refractivity contribution in [1.29, 1.82) is 0 Å². The van der Waals surface area contributed by atoms with E-state index in [1.54, 1.807) is 18.2 Å². The van der Waals surface area contributed by atoms with Crippen molar-refractivity contribution in [1.82, 2.24) is 5.32 Å². The molecule has 2 aliphatic rings. The lowest BCUT2D eigenvalue weighted by Gasteiger charge is -2.19. The van der Waals surface area contributed by atoms with Crippen molar-refractivity contribution in [2.24, 2.45) is 0 Å². The molecule has 0 aromatic heterocycles. The quantitative estimate of drug-likeness (QED) is 0.764. The van der Waals surface area contributed by atoms with Gasteiger partial charge in [0.1, 0.15) is 5.75 Å². The van der Waals surface area contributed by atoms with Crippen LogP contribution in [0.1, 0.15) is 6.42 Å². The van der Waals surface area contributed by atoms with Crippen LogP contribution in [0.5, 0.6) is 5.75 Å². The third kappa shape index (κ3) is 3.45. The molecule has 6 nitrogen and oxygen atoms in total.